The van der Waals surface area contributed by atoms with Gasteiger partial charge in [0.05, 0.1) is 6.61 Å². The van der Waals surface area contributed by atoms with Gasteiger partial charge in [0, 0.05) is 10.4 Å². The van der Waals surface area contributed by atoms with Gasteiger partial charge in [-0.1, -0.05) is 35.0 Å². The van der Waals surface area contributed by atoms with Crippen LogP contribution in [0.25, 0.3) is 0 Å². The normalized spacial score (nSPS) is 13.7. The van der Waals surface area contributed by atoms with E-state index in [1.165, 1.54) is 0 Å². The van der Waals surface area contributed by atoms with Crippen LogP contribution in [0.5, 0.6) is 0 Å². The molecule has 0 fully saturated rings. The van der Waals surface area contributed by atoms with Crippen LogP contribution in [0.4, 0.5) is 0 Å². The molecule has 0 radical (unpaired) electrons. The van der Waals surface area contributed by atoms with Gasteiger partial charge >= 0.3 is 5.97 Å². The van der Waals surface area contributed by atoms with E-state index >= 15 is 0 Å². The van der Waals surface area contributed by atoms with Crippen molar-refractivity contribution in [3.05, 3.63) is 34.3 Å². The molecule has 1 aromatic carbocycles. The number of halogens is 1. The third kappa shape index (κ3) is 3.57. The first-order valence-electron chi connectivity index (χ1n) is 5.68. The Balaban J connectivity index is 2.95. The number of benzene rings is 1. The number of hydrogen-bond donors (Lipinski definition) is 1. The quantitative estimate of drug-likeness (QED) is 0.669. The molecule has 1 amide bonds. The maximum absolute atomic E-state index is 11.7. The average Bonchev–Trinajstić information content (AvgIpc) is 2.29. The van der Waals surface area contributed by atoms with Crippen LogP contribution in [0, 0.1) is 5.92 Å². The SMILES string of the molecule is CCOC(=O)[C@@H](C(N)=O)C(C)c1ccc(Br)cc1. The molecule has 0 aromatic heterocycles. The molecule has 0 saturated carbocycles. The van der Waals surface area contributed by atoms with Crippen molar-refractivity contribution in [2.24, 2.45) is 11.7 Å². The molecule has 0 saturated heterocycles. The number of esters is 1. The van der Waals surface area contributed by atoms with Crippen molar-refractivity contribution in [2.45, 2.75) is 19.8 Å². The number of ether oxygens (including phenoxy) is 1. The highest BCUT2D eigenvalue weighted by Gasteiger charge is 2.32. The molecular formula is C13H16BrNO3. The second kappa shape index (κ2) is 6.54. The van der Waals surface area contributed by atoms with Crippen LogP contribution < -0.4 is 5.73 Å². The Morgan fingerprint density at radius 3 is 2.33 bits per heavy atom. The molecule has 2 N–H and O–H groups in total. The first kappa shape index (κ1) is 14.7. The molecule has 0 aliphatic carbocycles. The van der Waals surface area contributed by atoms with E-state index in [1.54, 1.807) is 13.8 Å². The van der Waals surface area contributed by atoms with E-state index in [1.807, 2.05) is 24.3 Å². The van der Waals surface area contributed by atoms with Crippen LogP contribution in [0.1, 0.15) is 25.3 Å². The summed E-state index contributed by atoms with van der Waals surface area (Å²) in [5.41, 5.74) is 6.16. The van der Waals surface area contributed by atoms with Crippen molar-refractivity contribution >= 4 is 27.8 Å². The lowest BCUT2D eigenvalue weighted by molar-refractivity contribution is -0.152. The lowest BCUT2D eigenvalue weighted by Crippen LogP contribution is -2.35. The topological polar surface area (TPSA) is 69.4 Å². The fourth-order valence-electron chi connectivity index (χ4n) is 1.76. The number of rotatable bonds is 5. The van der Waals surface area contributed by atoms with E-state index in [4.69, 9.17) is 10.5 Å². The minimum atomic E-state index is -0.953. The largest absolute Gasteiger partial charge is 0.465 e. The first-order chi connectivity index (χ1) is 8.47. The molecule has 98 valence electrons. The molecule has 0 aliphatic heterocycles. The predicted octanol–water partition coefficient (Wildman–Crippen LogP) is 2.22. The van der Waals surface area contributed by atoms with Gasteiger partial charge in [-0.2, -0.15) is 0 Å². The van der Waals surface area contributed by atoms with Crippen LogP contribution in [0.2, 0.25) is 0 Å². The van der Waals surface area contributed by atoms with Crippen LogP contribution in [-0.4, -0.2) is 18.5 Å². The van der Waals surface area contributed by atoms with E-state index in [2.05, 4.69) is 15.9 Å². The summed E-state index contributed by atoms with van der Waals surface area (Å²) in [4.78, 5) is 23.1. The highest BCUT2D eigenvalue weighted by Crippen LogP contribution is 2.26. The van der Waals surface area contributed by atoms with E-state index in [-0.39, 0.29) is 12.5 Å². The highest BCUT2D eigenvalue weighted by molar-refractivity contribution is 9.10. The summed E-state index contributed by atoms with van der Waals surface area (Å²) >= 11 is 3.33. The number of carbonyl (C=O) groups is 2. The zero-order valence-electron chi connectivity index (χ0n) is 10.4. The number of hydrogen-bond acceptors (Lipinski definition) is 3. The van der Waals surface area contributed by atoms with Gasteiger partial charge in [-0.15, -0.1) is 0 Å². The zero-order valence-corrected chi connectivity index (χ0v) is 11.9. The van der Waals surface area contributed by atoms with E-state index in [0.717, 1.165) is 10.0 Å². The van der Waals surface area contributed by atoms with Crippen molar-refractivity contribution in [3.63, 3.8) is 0 Å². The van der Waals surface area contributed by atoms with Gasteiger partial charge < -0.3 is 10.5 Å². The minimum Gasteiger partial charge on any atom is -0.465 e. The summed E-state index contributed by atoms with van der Waals surface area (Å²) in [5, 5.41) is 0. The first-order valence-corrected chi connectivity index (χ1v) is 6.48. The Morgan fingerprint density at radius 1 is 1.33 bits per heavy atom. The van der Waals surface area contributed by atoms with Crippen molar-refractivity contribution in [1.82, 2.24) is 0 Å². The molecule has 1 rings (SSSR count). The molecular weight excluding hydrogens is 298 g/mol. The molecule has 0 spiro atoms. The van der Waals surface area contributed by atoms with Gasteiger partial charge in [-0.05, 0) is 24.6 Å². The lowest BCUT2D eigenvalue weighted by atomic mass is 9.87. The van der Waals surface area contributed by atoms with Gasteiger partial charge in [-0.25, -0.2) is 0 Å². The minimum absolute atomic E-state index is 0.232. The molecule has 1 unspecified atom stereocenters. The van der Waals surface area contributed by atoms with Crippen LogP contribution in [-0.2, 0) is 14.3 Å². The average molecular weight is 314 g/mol. The Kier molecular flexibility index (Phi) is 5.34. The summed E-state index contributed by atoms with van der Waals surface area (Å²) in [7, 11) is 0. The third-order valence-electron chi connectivity index (χ3n) is 2.74. The Hall–Kier alpha value is -1.36. The summed E-state index contributed by atoms with van der Waals surface area (Å²) in [6, 6.07) is 7.41. The molecule has 18 heavy (non-hydrogen) atoms. The monoisotopic (exact) mass is 313 g/mol. The Morgan fingerprint density at radius 2 is 1.89 bits per heavy atom. The van der Waals surface area contributed by atoms with Crippen molar-refractivity contribution in [2.75, 3.05) is 6.61 Å². The Bertz CT molecular complexity index is 430. The zero-order chi connectivity index (χ0) is 13.7. The second-order valence-corrected chi connectivity index (χ2v) is 4.89. The van der Waals surface area contributed by atoms with Gasteiger partial charge in [0.2, 0.25) is 5.91 Å². The van der Waals surface area contributed by atoms with Gasteiger partial charge in [0.25, 0.3) is 0 Å². The van der Waals surface area contributed by atoms with Crippen molar-refractivity contribution in [3.8, 4) is 0 Å². The van der Waals surface area contributed by atoms with Gasteiger partial charge in [-0.3, -0.25) is 9.59 Å². The van der Waals surface area contributed by atoms with E-state index in [0.29, 0.717) is 0 Å². The van der Waals surface area contributed by atoms with Crippen molar-refractivity contribution < 1.29 is 14.3 Å². The summed E-state index contributed by atoms with van der Waals surface area (Å²) in [6.45, 7) is 3.71. The molecule has 0 heterocycles. The standard InChI is InChI=1S/C13H16BrNO3/c1-3-18-13(17)11(12(15)16)8(2)9-4-6-10(14)7-5-9/h4-8,11H,3H2,1-2H3,(H2,15,16)/t8?,11-/m1/s1. The lowest BCUT2D eigenvalue weighted by Gasteiger charge is -2.19. The number of primary amides is 1. The molecule has 4 nitrogen and oxygen atoms in total. The summed E-state index contributed by atoms with van der Waals surface area (Å²) in [5.74, 6) is -2.50. The van der Waals surface area contributed by atoms with Crippen LogP contribution in [0.15, 0.2) is 28.7 Å². The number of nitrogens with two attached hydrogens (primary N) is 1. The Labute approximate surface area is 115 Å². The fraction of sp³-hybridized carbons (Fsp3) is 0.385. The van der Waals surface area contributed by atoms with Gasteiger partial charge in [0.1, 0.15) is 5.92 Å². The number of amides is 1. The van der Waals surface area contributed by atoms with E-state index in [9.17, 15) is 9.59 Å². The molecule has 0 aliphatic rings. The molecule has 1 aromatic rings. The highest BCUT2D eigenvalue weighted by atomic mass is 79.9. The van der Waals surface area contributed by atoms with Crippen LogP contribution >= 0.6 is 15.9 Å². The maximum Gasteiger partial charge on any atom is 0.319 e. The fourth-order valence-corrected chi connectivity index (χ4v) is 2.02. The summed E-state index contributed by atoms with van der Waals surface area (Å²) in [6.07, 6.45) is 0. The predicted molar refractivity (Wildman–Crippen MR) is 71.9 cm³/mol. The van der Waals surface area contributed by atoms with Gasteiger partial charge in [0.15, 0.2) is 0 Å². The molecule has 0 bridgehead atoms. The second-order valence-electron chi connectivity index (χ2n) is 3.97. The molecule has 2 atom stereocenters. The van der Waals surface area contributed by atoms with E-state index < -0.39 is 17.8 Å². The smallest absolute Gasteiger partial charge is 0.319 e. The summed E-state index contributed by atoms with van der Waals surface area (Å²) < 4.78 is 5.82. The van der Waals surface area contributed by atoms with Crippen LogP contribution in [0.3, 0.4) is 0 Å². The maximum atomic E-state index is 11.7. The molecule has 5 heteroatoms. The van der Waals surface area contributed by atoms with Crippen molar-refractivity contribution in [1.29, 1.82) is 0 Å². The number of carbonyl (C=O) groups excluding carboxylic acids is 2. The third-order valence-corrected chi connectivity index (χ3v) is 3.27.